The molecule has 0 radical (unpaired) electrons. The number of ether oxygens (including phenoxy) is 1. The average molecular weight is 261 g/mol. The van der Waals surface area contributed by atoms with E-state index in [9.17, 15) is 9.59 Å². The van der Waals surface area contributed by atoms with Crippen molar-refractivity contribution in [2.75, 3.05) is 6.61 Å². The van der Waals surface area contributed by atoms with Crippen LogP contribution >= 0.6 is 0 Å². The fourth-order valence-corrected chi connectivity index (χ4v) is 1.26. The lowest BCUT2D eigenvalue weighted by atomic mass is 10.4. The monoisotopic (exact) mass is 261 g/mol. The molecule has 0 aliphatic heterocycles. The van der Waals surface area contributed by atoms with Gasteiger partial charge in [-0.25, -0.2) is 9.78 Å². The molecule has 2 rings (SSSR count). The Morgan fingerprint density at radius 2 is 2.26 bits per heavy atom. The zero-order valence-corrected chi connectivity index (χ0v) is 9.91. The Labute approximate surface area is 108 Å². The first-order chi connectivity index (χ1) is 9.25. The van der Waals surface area contributed by atoms with Crippen molar-refractivity contribution < 1.29 is 18.7 Å². The molecule has 19 heavy (non-hydrogen) atoms. The maximum atomic E-state index is 11.5. The second kappa shape index (κ2) is 6.29. The number of furan rings is 1. The zero-order chi connectivity index (χ0) is 13.5. The first kappa shape index (κ1) is 12.7. The van der Waals surface area contributed by atoms with E-state index >= 15 is 0 Å². The minimum Gasteiger partial charge on any atom is -0.467 e. The van der Waals surface area contributed by atoms with E-state index in [0.717, 1.165) is 0 Å². The lowest BCUT2D eigenvalue weighted by molar-refractivity contribution is -0.124. The van der Waals surface area contributed by atoms with Crippen LogP contribution in [0.1, 0.15) is 16.2 Å². The second-order valence-electron chi connectivity index (χ2n) is 3.52. The van der Waals surface area contributed by atoms with Gasteiger partial charge < -0.3 is 14.5 Å². The van der Waals surface area contributed by atoms with E-state index in [1.165, 1.54) is 24.9 Å². The molecule has 0 spiro atoms. The fourth-order valence-electron chi connectivity index (χ4n) is 1.26. The average Bonchev–Trinajstić information content (AvgIpc) is 2.96. The van der Waals surface area contributed by atoms with Crippen molar-refractivity contribution in [3.8, 4) is 0 Å². The van der Waals surface area contributed by atoms with Crippen LogP contribution in [0.2, 0.25) is 0 Å². The molecule has 2 aromatic heterocycles. The molecule has 7 nitrogen and oxygen atoms in total. The van der Waals surface area contributed by atoms with E-state index in [0.29, 0.717) is 5.76 Å². The van der Waals surface area contributed by atoms with Crippen LogP contribution in [0.5, 0.6) is 0 Å². The Kier molecular flexibility index (Phi) is 4.22. The summed E-state index contributed by atoms with van der Waals surface area (Å²) in [5, 5.41) is 2.55. The second-order valence-corrected chi connectivity index (χ2v) is 3.52. The van der Waals surface area contributed by atoms with Crippen LogP contribution in [-0.4, -0.2) is 28.5 Å². The Balaban J connectivity index is 1.73. The lowest BCUT2D eigenvalue weighted by Crippen LogP contribution is -2.28. The maximum Gasteiger partial charge on any atom is 0.359 e. The number of carbonyl (C=O) groups excluding carboxylic acids is 2. The molecule has 98 valence electrons. The van der Waals surface area contributed by atoms with Gasteiger partial charge in [0.15, 0.2) is 12.3 Å². The summed E-state index contributed by atoms with van der Waals surface area (Å²) < 4.78 is 9.81. The van der Waals surface area contributed by atoms with Crippen LogP contribution in [0.3, 0.4) is 0 Å². The van der Waals surface area contributed by atoms with Gasteiger partial charge in [-0.3, -0.25) is 9.78 Å². The molecule has 0 atom stereocenters. The molecule has 7 heteroatoms. The molecule has 0 aromatic carbocycles. The van der Waals surface area contributed by atoms with Crippen LogP contribution in [0.25, 0.3) is 0 Å². The molecule has 0 fully saturated rings. The first-order valence-corrected chi connectivity index (χ1v) is 5.48. The predicted octanol–water partition coefficient (Wildman–Crippen LogP) is 0.543. The van der Waals surface area contributed by atoms with Crippen molar-refractivity contribution in [2.24, 2.45) is 0 Å². The van der Waals surface area contributed by atoms with Crippen molar-refractivity contribution in [1.82, 2.24) is 15.3 Å². The largest absolute Gasteiger partial charge is 0.467 e. The van der Waals surface area contributed by atoms with E-state index < -0.39 is 11.9 Å². The van der Waals surface area contributed by atoms with Crippen molar-refractivity contribution in [3.05, 3.63) is 48.4 Å². The van der Waals surface area contributed by atoms with Gasteiger partial charge in [0.2, 0.25) is 0 Å². The molecule has 0 unspecified atom stereocenters. The molecule has 0 saturated carbocycles. The summed E-state index contributed by atoms with van der Waals surface area (Å²) in [6.07, 6.45) is 5.58. The topological polar surface area (TPSA) is 94.3 Å². The lowest BCUT2D eigenvalue weighted by Gasteiger charge is -2.04. The molecule has 0 aliphatic carbocycles. The Morgan fingerprint density at radius 3 is 2.95 bits per heavy atom. The van der Waals surface area contributed by atoms with E-state index in [1.54, 1.807) is 12.1 Å². The molecule has 0 aliphatic rings. The Morgan fingerprint density at radius 1 is 1.37 bits per heavy atom. The number of hydrogen-bond acceptors (Lipinski definition) is 6. The summed E-state index contributed by atoms with van der Waals surface area (Å²) in [6.45, 7) is -0.134. The molecule has 0 saturated heterocycles. The third kappa shape index (κ3) is 3.91. The molecule has 2 aromatic rings. The van der Waals surface area contributed by atoms with E-state index in [4.69, 9.17) is 9.15 Å². The molecule has 1 N–H and O–H groups in total. The Bertz CT molecular complexity index is 539. The normalized spacial score (nSPS) is 9.89. The summed E-state index contributed by atoms with van der Waals surface area (Å²) in [6, 6.07) is 3.45. The van der Waals surface area contributed by atoms with Crippen LogP contribution in [0.4, 0.5) is 0 Å². The van der Waals surface area contributed by atoms with Gasteiger partial charge in [-0.15, -0.1) is 0 Å². The third-order valence-electron chi connectivity index (χ3n) is 2.15. The van der Waals surface area contributed by atoms with Gasteiger partial charge in [0, 0.05) is 12.4 Å². The highest BCUT2D eigenvalue weighted by atomic mass is 16.5. The van der Waals surface area contributed by atoms with Crippen molar-refractivity contribution in [1.29, 1.82) is 0 Å². The number of nitrogens with zero attached hydrogens (tertiary/aromatic N) is 2. The molecule has 1 amide bonds. The van der Waals surface area contributed by atoms with Crippen LogP contribution in [0.15, 0.2) is 41.4 Å². The zero-order valence-electron chi connectivity index (χ0n) is 9.91. The van der Waals surface area contributed by atoms with Crippen LogP contribution in [-0.2, 0) is 16.1 Å². The summed E-state index contributed by atoms with van der Waals surface area (Å²) in [4.78, 5) is 30.4. The molecule has 0 bridgehead atoms. The molecular formula is C12H11N3O4. The number of carbonyl (C=O) groups is 2. The first-order valence-electron chi connectivity index (χ1n) is 5.48. The smallest absolute Gasteiger partial charge is 0.359 e. The minimum atomic E-state index is -0.693. The van der Waals surface area contributed by atoms with E-state index in [2.05, 4.69) is 15.3 Å². The van der Waals surface area contributed by atoms with Gasteiger partial charge in [0.25, 0.3) is 5.91 Å². The van der Waals surface area contributed by atoms with Gasteiger partial charge >= 0.3 is 5.97 Å². The maximum absolute atomic E-state index is 11.5. The predicted molar refractivity (Wildman–Crippen MR) is 62.9 cm³/mol. The van der Waals surface area contributed by atoms with Crippen LogP contribution in [0, 0.1) is 0 Å². The molecular weight excluding hydrogens is 250 g/mol. The Hall–Kier alpha value is -2.70. The third-order valence-corrected chi connectivity index (χ3v) is 2.15. The standard InChI is InChI=1S/C12H11N3O4/c16-11(15-6-9-2-1-5-18-9)8-19-12(17)10-7-13-3-4-14-10/h1-5,7H,6,8H2,(H,15,16). The summed E-state index contributed by atoms with van der Waals surface area (Å²) in [7, 11) is 0. The molecule has 2 heterocycles. The van der Waals surface area contributed by atoms with Gasteiger partial charge in [-0.05, 0) is 12.1 Å². The highest BCUT2D eigenvalue weighted by molar-refractivity contribution is 5.89. The number of aromatic nitrogens is 2. The number of rotatable bonds is 5. The number of esters is 1. The van der Waals surface area contributed by atoms with Gasteiger partial charge in [-0.2, -0.15) is 0 Å². The van der Waals surface area contributed by atoms with Crippen LogP contribution < -0.4 is 5.32 Å². The van der Waals surface area contributed by atoms with E-state index in [1.807, 2.05) is 0 Å². The minimum absolute atomic E-state index is 0.0568. The van der Waals surface area contributed by atoms with Crippen molar-refractivity contribution >= 4 is 11.9 Å². The highest BCUT2D eigenvalue weighted by Gasteiger charge is 2.11. The number of hydrogen-bond donors (Lipinski definition) is 1. The summed E-state index contributed by atoms with van der Waals surface area (Å²) in [5.74, 6) is -0.497. The fraction of sp³-hybridized carbons (Fsp3) is 0.167. The quantitative estimate of drug-likeness (QED) is 0.789. The van der Waals surface area contributed by atoms with Gasteiger partial charge in [0.1, 0.15) is 5.76 Å². The van der Waals surface area contributed by atoms with Gasteiger partial charge in [-0.1, -0.05) is 0 Å². The highest BCUT2D eigenvalue weighted by Crippen LogP contribution is 1.98. The van der Waals surface area contributed by atoms with Gasteiger partial charge in [0.05, 0.1) is 19.0 Å². The SMILES string of the molecule is O=C(COC(=O)c1cnccn1)NCc1ccco1. The number of nitrogens with one attached hydrogen (secondary N) is 1. The summed E-state index contributed by atoms with van der Waals surface area (Å²) in [5.41, 5.74) is 0.0568. The van der Waals surface area contributed by atoms with Crippen molar-refractivity contribution in [3.63, 3.8) is 0 Å². The summed E-state index contributed by atoms with van der Waals surface area (Å²) >= 11 is 0. The number of amides is 1. The van der Waals surface area contributed by atoms with E-state index in [-0.39, 0.29) is 18.8 Å². The van der Waals surface area contributed by atoms with Crippen molar-refractivity contribution in [2.45, 2.75) is 6.54 Å².